The largest absolute Gasteiger partial charge is 0.507 e. The van der Waals surface area contributed by atoms with Crippen LogP contribution in [-0.4, -0.2) is 59.3 Å². The number of alkyl carbamates (subject to hydrolysis) is 1. The summed E-state index contributed by atoms with van der Waals surface area (Å²) in [7, 11) is 0. The van der Waals surface area contributed by atoms with Gasteiger partial charge in [0.2, 0.25) is 5.91 Å². The molecule has 0 aliphatic carbocycles. The second-order valence-corrected chi connectivity index (χ2v) is 11.2. The SMILES string of the molecule is CC(C)(C)OC(=O)NC1CCN(Cc2cc(N3CCC(=O)NC3=O)cc(C(C)(C)C)c2O)CC1. The van der Waals surface area contributed by atoms with Crippen LogP contribution in [0.25, 0.3) is 0 Å². The van der Waals surface area contributed by atoms with Crippen molar-refractivity contribution in [2.24, 2.45) is 0 Å². The van der Waals surface area contributed by atoms with E-state index < -0.39 is 17.7 Å². The number of ether oxygens (including phenoxy) is 1. The number of rotatable bonds is 4. The van der Waals surface area contributed by atoms with Crippen LogP contribution in [0.5, 0.6) is 5.75 Å². The fraction of sp³-hybridized carbons (Fsp3) is 0.640. The molecule has 34 heavy (non-hydrogen) atoms. The van der Waals surface area contributed by atoms with Crippen LogP contribution >= 0.6 is 0 Å². The molecule has 0 bridgehead atoms. The van der Waals surface area contributed by atoms with Crippen LogP contribution in [0.15, 0.2) is 12.1 Å². The summed E-state index contributed by atoms with van der Waals surface area (Å²) in [4.78, 5) is 39.9. The van der Waals surface area contributed by atoms with Gasteiger partial charge in [0, 0.05) is 55.5 Å². The zero-order valence-corrected chi connectivity index (χ0v) is 21.2. The number of benzene rings is 1. The molecule has 0 saturated carbocycles. The predicted octanol–water partition coefficient (Wildman–Crippen LogP) is 3.63. The van der Waals surface area contributed by atoms with Crippen LogP contribution in [0.3, 0.4) is 0 Å². The summed E-state index contributed by atoms with van der Waals surface area (Å²) in [5.41, 5.74) is 1.30. The minimum absolute atomic E-state index is 0.0470. The van der Waals surface area contributed by atoms with E-state index in [1.165, 1.54) is 0 Å². The number of aromatic hydroxyl groups is 1. The minimum atomic E-state index is -0.531. The molecule has 9 nitrogen and oxygen atoms in total. The van der Waals surface area contributed by atoms with E-state index in [0.29, 0.717) is 18.8 Å². The molecule has 0 radical (unpaired) electrons. The van der Waals surface area contributed by atoms with E-state index in [9.17, 15) is 19.5 Å². The summed E-state index contributed by atoms with van der Waals surface area (Å²) in [6.45, 7) is 13.9. The molecule has 3 N–H and O–H groups in total. The number of nitrogens with zero attached hydrogens (tertiary/aromatic N) is 2. The standard InChI is InChI=1S/C25H38N4O5/c1-24(2,3)19-14-18(29-12-9-20(30)27-22(29)32)13-16(21(19)31)15-28-10-7-17(8-11-28)26-23(33)34-25(4,5)6/h13-14,17,31H,7-12,15H2,1-6H3,(H,26,33)(H,27,30,32). The maximum absolute atomic E-state index is 12.4. The summed E-state index contributed by atoms with van der Waals surface area (Å²) in [5.74, 6) is -0.0436. The molecule has 0 aromatic heterocycles. The Kier molecular flexibility index (Phi) is 7.45. The molecule has 188 valence electrons. The van der Waals surface area contributed by atoms with Gasteiger partial charge in [-0.05, 0) is 51.2 Å². The van der Waals surface area contributed by atoms with E-state index in [0.717, 1.165) is 37.1 Å². The van der Waals surface area contributed by atoms with Crippen molar-refractivity contribution in [2.75, 3.05) is 24.5 Å². The lowest BCUT2D eigenvalue weighted by Gasteiger charge is -2.34. The lowest BCUT2D eigenvalue weighted by Crippen LogP contribution is -2.49. The number of carbonyl (C=O) groups is 3. The van der Waals surface area contributed by atoms with Crippen molar-refractivity contribution in [3.63, 3.8) is 0 Å². The number of likely N-dealkylation sites (tertiary alicyclic amines) is 1. The molecule has 1 aromatic rings. The van der Waals surface area contributed by atoms with E-state index in [1.807, 2.05) is 53.7 Å². The van der Waals surface area contributed by atoms with Gasteiger partial charge in [0.05, 0.1) is 0 Å². The van der Waals surface area contributed by atoms with Crippen LogP contribution in [0.2, 0.25) is 0 Å². The minimum Gasteiger partial charge on any atom is -0.507 e. The lowest BCUT2D eigenvalue weighted by atomic mass is 9.84. The highest BCUT2D eigenvalue weighted by Gasteiger charge is 2.29. The van der Waals surface area contributed by atoms with Crippen LogP contribution < -0.4 is 15.5 Å². The highest BCUT2D eigenvalue weighted by atomic mass is 16.6. The van der Waals surface area contributed by atoms with Crippen molar-refractivity contribution < 1.29 is 24.2 Å². The average Bonchev–Trinajstić information content (AvgIpc) is 2.69. The van der Waals surface area contributed by atoms with Gasteiger partial charge in [-0.15, -0.1) is 0 Å². The average molecular weight is 475 g/mol. The van der Waals surface area contributed by atoms with E-state index in [1.54, 1.807) is 4.90 Å². The summed E-state index contributed by atoms with van der Waals surface area (Å²) in [6, 6.07) is 3.28. The third kappa shape index (κ3) is 6.62. The molecule has 2 aliphatic rings. The predicted molar refractivity (Wildman–Crippen MR) is 130 cm³/mol. The number of hydrogen-bond donors (Lipinski definition) is 3. The summed E-state index contributed by atoms with van der Waals surface area (Å²) in [6.07, 6.45) is 1.40. The molecular weight excluding hydrogens is 436 g/mol. The first-order valence-corrected chi connectivity index (χ1v) is 11.9. The molecular formula is C25H38N4O5. The fourth-order valence-corrected chi connectivity index (χ4v) is 4.29. The molecule has 0 unspecified atom stereocenters. The zero-order chi connectivity index (χ0) is 25.3. The molecule has 2 aliphatic heterocycles. The highest BCUT2D eigenvalue weighted by molar-refractivity contribution is 6.05. The number of anilines is 1. The third-order valence-electron chi connectivity index (χ3n) is 6.05. The van der Waals surface area contributed by atoms with Gasteiger partial charge in [-0.2, -0.15) is 0 Å². The van der Waals surface area contributed by atoms with E-state index in [4.69, 9.17) is 4.74 Å². The number of phenols is 1. The highest BCUT2D eigenvalue weighted by Crippen LogP contribution is 2.38. The molecule has 0 atom stereocenters. The fourth-order valence-electron chi connectivity index (χ4n) is 4.29. The third-order valence-corrected chi connectivity index (χ3v) is 6.05. The molecule has 3 rings (SSSR count). The van der Waals surface area contributed by atoms with Crippen molar-refractivity contribution in [3.8, 4) is 5.75 Å². The number of urea groups is 1. The number of nitrogens with one attached hydrogen (secondary N) is 2. The number of phenolic OH excluding ortho intramolecular Hbond substituents is 1. The summed E-state index contributed by atoms with van der Waals surface area (Å²) in [5, 5.41) is 16.4. The summed E-state index contributed by atoms with van der Waals surface area (Å²) >= 11 is 0. The van der Waals surface area contributed by atoms with Crippen molar-refractivity contribution >= 4 is 23.7 Å². The number of piperidine rings is 1. The van der Waals surface area contributed by atoms with Gasteiger partial charge in [-0.1, -0.05) is 20.8 Å². The second-order valence-electron chi connectivity index (χ2n) is 11.2. The molecule has 2 saturated heterocycles. The molecule has 2 fully saturated rings. The van der Waals surface area contributed by atoms with Crippen LogP contribution in [-0.2, 0) is 21.5 Å². The van der Waals surface area contributed by atoms with Gasteiger partial charge in [0.25, 0.3) is 0 Å². The maximum Gasteiger partial charge on any atom is 0.407 e. The Morgan fingerprint density at radius 2 is 1.76 bits per heavy atom. The van der Waals surface area contributed by atoms with Gasteiger partial charge in [-0.3, -0.25) is 19.9 Å². The molecule has 1 aromatic carbocycles. The van der Waals surface area contributed by atoms with Gasteiger partial charge < -0.3 is 15.2 Å². The molecule has 0 spiro atoms. The first-order valence-electron chi connectivity index (χ1n) is 11.9. The first kappa shape index (κ1) is 25.8. The van der Waals surface area contributed by atoms with Gasteiger partial charge >= 0.3 is 12.1 Å². The maximum atomic E-state index is 12.4. The summed E-state index contributed by atoms with van der Waals surface area (Å²) < 4.78 is 5.35. The molecule has 2 heterocycles. The van der Waals surface area contributed by atoms with Gasteiger partial charge in [-0.25, -0.2) is 9.59 Å². The topological polar surface area (TPSA) is 111 Å². The Bertz CT molecular complexity index is 940. The van der Waals surface area contributed by atoms with Crippen LogP contribution in [0, 0.1) is 0 Å². The van der Waals surface area contributed by atoms with Gasteiger partial charge in [0.15, 0.2) is 0 Å². The number of imide groups is 1. The molecule has 9 heteroatoms. The smallest absolute Gasteiger partial charge is 0.407 e. The van der Waals surface area contributed by atoms with Crippen LogP contribution in [0.1, 0.15) is 71.9 Å². The van der Waals surface area contributed by atoms with E-state index in [-0.39, 0.29) is 29.5 Å². The Labute approximate surface area is 201 Å². The zero-order valence-electron chi connectivity index (χ0n) is 21.2. The number of hydrogen-bond acceptors (Lipinski definition) is 6. The van der Waals surface area contributed by atoms with Crippen molar-refractivity contribution in [2.45, 2.75) is 84.4 Å². The number of carbonyl (C=O) groups excluding carboxylic acids is 3. The quantitative estimate of drug-likeness (QED) is 0.615. The Hall–Kier alpha value is -2.81. The first-order chi connectivity index (χ1) is 15.7. The lowest BCUT2D eigenvalue weighted by molar-refractivity contribution is -0.120. The van der Waals surface area contributed by atoms with E-state index >= 15 is 0 Å². The van der Waals surface area contributed by atoms with Crippen molar-refractivity contribution in [1.82, 2.24) is 15.5 Å². The normalized spacial score (nSPS) is 18.6. The number of amides is 4. The van der Waals surface area contributed by atoms with Gasteiger partial charge in [0.1, 0.15) is 11.4 Å². The second kappa shape index (κ2) is 9.82. The van der Waals surface area contributed by atoms with E-state index in [2.05, 4.69) is 15.5 Å². The Balaban J connectivity index is 1.72. The van der Waals surface area contributed by atoms with Crippen molar-refractivity contribution in [3.05, 3.63) is 23.3 Å². The molecule has 4 amide bonds. The van der Waals surface area contributed by atoms with Crippen molar-refractivity contribution in [1.29, 1.82) is 0 Å². The Morgan fingerprint density at radius 3 is 2.32 bits per heavy atom. The Morgan fingerprint density at radius 1 is 1.12 bits per heavy atom. The monoisotopic (exact) mass is 474 g/mol. The van der Waals surface area contributed by atoms with Crippen LogP contribution in [0.4, 0.5) is 15.3 Å².